The van der Waals surface area contributed by atoms with Crippen LogP contribution in [-0.4, -0.2) is 45.8 Å². The zero-order chi connectivity index (χ0) is 18.6. The molecule has 0 aliphatic carbocycles. The van der Waals surface area contributed by atoms with E-state index in [-0.39, 0.29) is 13.0 Å². The number of ether oxygens (including phenoxy) is 4. The summed E-state index contributed by atoms with van der Waals surface area (Å²) >= 11 is 6.17. The molecule has 2 unspecified atom stereocenters. The van der Waals surface area contributed by atoms with Crippen molar-refractivity contribution < 1.29 is 33.3 Å². The van der Waals surface area contributed by atoms with Crippen molar-refractivity contribution in [1.82, 2.24) is 0 Å². The second-order valence-electron chi connectivity index (χ2n) is 5.56. The van der Waals surface area contributed by atoms with Crippen molar-refractivity contribution in [1.29, 1.82) is 0 Å². The van der Waals surface area contributed by atoms with Crippen LogP contribution in [0.15, 0.2) is 18.2 Å². The summed E-state index contributed by atoms with van der Waals surface area (Å²) in [5, 5.41) is 0.354. The number of halogens is 1. The quantitative estimate of drug-likeness (QED) is 0.444. The van der Waals surface area contributed by atoms with E-state index in [1.807, 2.05) is 0 Å². The van der Waals surface area contributed by atoms with Crippen molar-refractivity contribution in [2.75, 3.05) is 27.9 Å². The maximum atomic E-state index is 12.3. The summed E-state index contributed by atoms with van der Waals surface area (Å²) in [6.45, 7) is 0.0982. The summed E-state index contributed by atoms with van der Waals surface area (Å²) in [6, 6.07) is 5.03. The lowest BCUT2D eigenvalue weighted by Gasteiger charge is -2.36. The monoisotopic (exact) mass is 370 g/mol. The zero-order valence-electron chi connectivity index (χ0n) is 14.1. The first kappa shape index (κ1) is 19.1. The number of carbonyl (C=O) groups is 3. The number of esters is 3. The lowest BCUT2D eigenvalue weighted by Crippen LogP contribution is -2.40. The highest BCUT2D eigenvalue weighted by atomic mass is 35.5. The van der Waals surface area contributed by atoms with Gasteiger partial charge in [0.25, 0.3) is 0 Å². The topological polar surface area (TPSA) is 88.1 Å². The number of hydrogen-bond donors (Lipinski definition) is 0. The minimum atomic E-state index is -1.24. The molecule has 0 N–H and O–H groups in total. The molecular formula is C17H19ClO7. The van der Waals surface area contributed by atoms with Crippen molar-refractivity contribution in [2.45, 2.75) is 12.3 Å². The molecule has 1 aromatic rings. The van der Waals surface area contributed by atoms with Crippen LogP contribution in [0.3, 0.4) is 0 Å². The molecule has 1 aliphatic rings. The number of benzene rings is 1. The summed E-state index contributed by atoms with van der Waals surface area (Å²) in [7, 11) is 3.64. The lowest BCUT2D eigenvalue weighted by molar-refractivity contribution is -0.162. The molecule has 2 rings (SSSR count). The highest BCUT2D eigenvalue weighted by molar-refractivity contribution is 6.32. The van der Waals surface area contributed by atoms with E-state index in [1.54, 1.807) is 18.2 Å². The van der Waals surface area contributed by atoms with Gasteiger partial charge < -0.3 is 18.9 Å². The van der Waals surface area contributed by atoms with E-state index in [0.717, 1.165) is 0 Å². The molecule has 136 valence electrons. The second-order valence-corrected chi connectivity index (χ2v) is 5.97. The maximum absolute atomic E-state index is 12.3. The molecule has 0 amide bonds. The first-order chi connectivity index (χ1) is 11.9. The van der Waals surface area contributed by atoms with Crippen molar-refractivity contribution in [3.8, 4) is 5.75 Å². The third kappa shape index (κ3) is 3.87. The number of rotatable bonds is 5. The summed E-state index contributed by atoms with van der Waals surface area (Å²) in [4.78, 5) is 36.4. The van der Waals surface area contributed by atoms with Gasteiger partial charge in [0.1, 0.15) is 5.75 Å². The Bertz CT molecular complexity index is 657. The van der Waals surface area contributed by atoms with Crippen LogP contribution in [0, 0.1) is 11.8 Å². The van der Waals surface area contributed by atoms with Crippen LogP contribution < -0.4 is 4.74 Å². The van der Waals surface area contributed by atoms with Gasteiger partial charge in [-0.25, -0.2) is 0 Å². The molecule has 7 nitrogen and oxygen atoms in total. The van der Waals surface area contributed by atoms with E-state index in [4.69, 9.17) is 30.5 Å². The standard InChI is InChI=1S/C17H19ClO7/c1-22-12(19)7-9-8-25-15-10(5-4-6-11(15)18)13(9)14(16(20)23-2)17(21)24-3/h4-6,9,13-14H,7-8H2,1-3H3. The van der Waals surface area contributed by atoms with Gasteiger partial charge in [-0.2, -0.15) is 0 Å². The van der Waals surface area contributed by atoms with E-state index in [0.29, 0.717) is 16.3 Å². The van der Waals surface area contributed by atoms with E-state index < -0.39 is 35.7 Å². The van der Waals surface area contributed by atoms with Crippen molar-refractivity contribution in [3.05, 3.63) is 28.8 Å². The predicted octanol–water partition coefficient (Wildman–Crippen LogP) is 1.96. The highest BCUT2D eigenvalue weighted by Crippen LogP contribution is 2.46. The molecule has 25 heavy (non-hydrogen) atoms. The minimum Gasteiger partial charge on any atom is -0.491 e. The maximum Gasteiger partial charge on any atom is 0.320 e. The smallest absolute Gasteiger partial charge is 0.320 e. The van der Waals surface area contributed by atoms with E-state index >= 15 is 0 Å². The predicted molar refractivity (Wildman–Crippen MR) is 87.3 cm³/mol. The number of hydrogen-bond acceptors (Lipinski definition) is 7. The summed E-state index contributed by atoms with van der Waals surface area (Å²) < 4.78 is 20.0. The molecule has 2 atom stereocenters. The van der Waals surface area contributed by atoms with Crippen LogP contribution >= 0.6 is 11.6 Å². The van der Waals surface area contributed by atoms with Gasteiger partial charge in [-0.15, -0.1) is 0 Å². The fourth-order valence-corrected chi connectivity index (χ4v) is 3.30. The summed E-state index contributed by atoms with van der Waals surface area (Å²) in [5.41, 5.74) is 0.549. The van der Waals surface area contributed by atoms with Crippen molar-refractivity contribution in [3.63, 3.8) is 0 Å². The van der Waals surface area contributed by atoms with Crippen LogP contribution in [0.25, 0.3) is 0 Å². The van der Waals surface area contributed by atoms with Gasteiger partial charge in [-0.05, 0) is 6.07 Å². The van der Waals surface area contributed by atoms with Crippen molar-refractivity contribution in [2.24, 2.45) is 11.8 Å². The third-order valence-electron chi connectivity index (χ3n) is 4.23. The van der Waals surface area contributed by atoms with Crippen LogP contribution in [0.2, 0.25) is 5.02 Å². The first-order valence-electron chi connectivity index (χ1n) is 7.58. The lowest BCUT2D eigenvalue weighted by atomic mass is 9.74. The number of carbonyl (C=O) groups excluding carboxylic acids is 3. The SMILES string of the molecule is COC(=O)CC1COc2c(Cl)cccc2C1C(C(=O)OC)C(=O)OC. The van der Waals surface area contributed by atoms with E-state index in [9.17, 15) is 14.4 Å². The van der Waals surface area contributed by atoms with Gasteiger partial charge in [0.15, 0.2) is 5.92 Å². The molecule has 1 heterocycles. The second kappa shape index (κ2) is 8.20. The van der Waals surface area contributed by atoms with Gasteiger partial charge in [0.2, 0.25) is 0 Å². The molecule has 0 radical (unpaired) electrons. The number of fused-ring (bicyclic) bond motifs is 1. The fraction of sp³-hybridized carbons (Fsp3) is 0.471. The normalized spacial score (nSPS) is 18.8. The van der Waals surface area contributed by atoms with Crippen LogP contribution in [0.1, 0.15) is 17.9 Å². The molecule has 1 aromatic carbocycles. The molecule has 0 aromatic heterocycles. The Morgan fingerprint density at radius 2 is 1.80 bits per heavy atom. The van der Waals surface area contributed by atoms with Crippen molar-refractivity contribution >= 4 is 29.5 Å². The molecule has 0 bridgehead atoms. The number of methoxy groups -OCH3 is 3. The Kier molecular flexibility index (Phi) is 6.25. The van der Waals surface area contributed by atoms with Gasteiger partial charge in [-0.3, -0.25) is 14.4 Å². The minimum absolute atomic E-state index is 0.0302. The third-order valence-corrected chi connectivity index (χ3v) is 4.53. The molecule has 1 aliphatic heterocycles. The largest absolute Gasteiger partial charge is 0.491 e. The fourth-order valence-electron chi connectivity index (χ4n) is 3.07. The Balaban J connectivity index is 2.55. The van der Waals surface area contributed by atoms with Gasteiger partial charge >= 0.3 is 17.9 Å². The zero-order valence-corrected chi connectivity index (χ0v) is 14.9. The molecule has 8 heteroatoms. The van der Waals surface area contributed by atoms with Crippen LogP contribution in [0.5, 0.6) is 5.75 Å². The van der Waals surface area contributed by atoms with E-state index in [1.165, 1.54) is 21.3 Å². The average Bonchev–Trinajstić information content (AvgIpc) is 2.62. The average molecular weight is 371 g/mol. The van der Waals surface area contributed by atoms with Crippen LogP contribution in [-0.2, 0) is 28.6 Å². The Hall–Kier alpha value is -2.28. The Morgan fingerprint density at radius 3 is 2.36 bits per heavy atom. The van der Waals surface area contributed by atoms with Crippen LogP contribution in [0.4, 0.5) is 0 Å². The van der Waals surface area contributed by atoms with Gasteiger partial charge in [0.05, 0.1) is 39.4 Å². The Labute approximate surface area is 150 Å². The molecule has 0 saturated carbocycles. The molecule has 0 fully saturated rings. The molecular weight excluding hydrogens is 352 g/mol. The summed E-state index contributed by atoms with van der Waals surface area (Å²) in [5.74, 6) is -4.02. The first-order valence-corrected chi connectivity index (χ1v) is 7.96. The van der Waals surface area contributed by atoms with Gasteiger partial charge in [0, 0.05) is 17.4 Å². The highest BCUT2D eigenvalue weighted by Gasteiger charge is 2.46. The Morgan fingerprint density at radius 1 is 1.16 bits per heavy atom. The van der Waals surface area contributed by atoms with E-state index in [2.05, 4.69) is 0 Å². The summed E-state index contributed by atoms with van der Waals surface area (Å²) in [6.07, 6.45) is -0.0302. The molecule has 0 spiro atoms. The van der Waals surface area contributed by atoms with Gasteiger partial charge in [-0.1, -0.05) is 23.7 Å². The number of para-hydroxylation sites is 1. The molecule has 0 saturated heterocycles.